The molecule has 0 aliphatic carbocycles. The molecule has 4 heteroatoms. The number of rotatable bonds is 3. The van der Waals surface area contributed by atoms with Gasteiger partial charge in [0.15, 0.2) is 0 Å². The van der Waals surface area contributed by atoms with Crippen LogP contribution in [0.15, 0.2) is 16.8 Å². The molecule has 4 atom stereocenters. The number of hydrogen-bond acceptors (Lipinski definition) is 4. The Morgan fingerprint density at radius 3 is 2.39 bits per heavy atom. The predicted octanol–water partition coefficient (Wildman–Crippen LogP) is 2.16. The summed E-state index contributed by atoms with van der Waals surface area (Å²) in [6.07, 6.45) is 0. The number of hydrogen-bond donors (Lipinski definition) is 1. The number of thiophene rings is 1. The zero-order valence-electron chi connectivity index (χ0n) is 11.8. The molecular weight excluding hydrogens is 242 g/mol. The molecule has 1 aliphatic rings. The second kappa shape index (κ2) is 5.70. The van der Waals surface area contributed by atoms with Crippen molar-refractivity contribution in [3.05, 3.63) is 22.4 Å². The van der Waals surface area contributed by atoms with Crippen molar-refractivity contribution in [3.8, 4) is 0 Å². The van der Waals surface area contributed by atoms with Gasteiger partial charge < -0.3 is 5.73 Å². The van der Waals surface area contributed by atoms with Gasteiger partial charge in [-0.2, -0.15) is 11.3 Å². The van der Waals surface area contributed by atoms with E-state index in [0.29, 0.717) is 18.1 Å². The first-order valence-electron chi connectivity index (χ1n) is 6.74. The first kappa shape index (κ1) is 14.0. The number of nitrogens with zero attached hydrogens (tertiary/aromatic N) is 2. The summed E-state index contributed by atoms with van der Waals surface area (Å²) >= 11 is 1.76. The second-order valence-electron chi connectivity index (χ2n) is 5.68. The third-order valence-corrected chi connectivity index (χ3v) is 4.87. The minimum atomic E-state index is 0.169. The average Bonchev–Trinajstić information content (AvgIpc) is 2.79. The summed E-state index contributed by atoms with van der Waals surface area (Å²) in [5, 5.41) is 4.38. The van der Waals surface area contributed by atoms with Gasteiger partial charge in [-0.3, -0.25) is 9.80 Å². The van der Waals surface area contributed by atoms with Crippen LogP contribution in [0.25, 0.3) is 0 Å². The van der Waals surface area contributed by atoms with Gasteiger partial charge in [-0.1, -0.05) is 0 Å². The van der Waals surface area contributed by atoms with E-state index in [1.165, 1.54) is 5.56 Å². The highest BCUT2D eigenvalue weighted by Gasteiger charge is 2.33. The molecule has 0 spiro atoms. The molecule has 2 rings (SSSR count). The Morgan fingerprint density at radius 2 is 1.94 bits per heavy atom. The van der Waals surface area contributed by atoms with Crippen LogP contribution in [0.2, 0.25) is 0 Å². The monoisotopic (exact) mass is 267 g/mol. The maximum atomic E-state index is 6.23. The van der Waals surface area contributed by atoms with Crippen LogP contribution in [-0.4, -0.2) is 48.1 Å². The quantitative estimate of drug-likeness (QED) is 0.911. The molecule has 1 aromatic heterocycles. The van der Waals surface area contributed by atoms with Crippen molar-refractivity contribution in [1.82, 2.24) is 9.80 Å². The lowest BCUT2D eigenvalue weighted by Gasteiger charge is -2.46. The lowest BCUT2D eigenvalue weighted by molar-refractivity contribution is 0.0275. The van der Waals surface area contributed by atoms with E-state index in [9.17, 15) is 0 Å². The lowest BCUT2D eigenvalue weighted by atomic mass is 9.98. The van der Waals surface area contributed by atoms with Crippen molar-refractivity contribution < 1.29 is 0 Å². The second-order valence-corrected chi connectivity index (χ2v) is 6.46. The molecule has 4 unspecified atom stereocenters. The fourth-order valence-electron chi connectivity index (χ4n) is 2.96. The predicted molar refractivity (Wildman–Crippen MR) is 79.0 cm³/mol. The zero-order valence-corrected chi connectivity index (χ0v) is 12.7. The van der Waals surface area contributed by atoms with E-state index in [2.05, 4.69) is 54.4 Å². The van der Waals surface area contributed by atoms with Crippen LogP contribution in [0.4, 0.5) is 0 Å². The van der Waals surface area contributed by atoms with Gasteiger partial charge in [0.05, 0.1) is 6.04 Å². The summed E-state index contributed by atoms with van der Waals surface area (Å²) < 4.78 is 0. The SMILES string of the molecule is CC(N)C(c1ccsc1)N1CC(C)N(C)C(C)C1. The van der Waals surface area contributed by atoms with Gasteiger partial charge in [-0.05, 0) is 50.2 Å². The van der Waals surface area contributed by atoms with Crippen molar-refractivity contribution in [2.75, 3.05) is 20.1 Å². The molecule has 18 heavy (non-hydrogen) atoms. The molecule has 3 nitrogen and oxygen atoms in total. The summed E-state index contributed by atoms with van der Waals surface area (Å²) in [6.45, 7) is 8.92. The topological polar surface area (TPSA) is 32.5 Å². The number of nitrogens with two attached hydrogens (primary N) is 1. The van der Waals surface area contributed by atoms with Crippen LogP contribution in [0, 0.1) is 0 Å². The lowest BCUT2D eigenvalue weighted by Crippen LogP contribution is -2.57. The molecule has 0 bridgehead atoms. The van der Waals surface area contributed by atoms with Crippen LogP contribution in [0.1, 0.15) is 32.4 Å². The Hall–Kier alpha value is -0.420. The van der Waals surface area contributed by atoms with Gasteiger partial charge in [0.25, 0.3) is 0 Å². The van der Waals surface area contributed by atoms with Crippen molar-refractivity contribution in [2.45, 2.75) is 44.9 Å². The van der Waals surface area contributed by atoms with Gasteiger partial charge in [0.2, 0.25) is 0 Å². The van der Waals surface area contributed by atoms with Crippen molar-refractivity contribution in [3.63, 3.8) is 0 Å². The molecule has 102 valence electrons. The van der Waals surface area contributed by atoms with E-state index < -0.39 is 0 Å². The molecule has 1 fully saturated rings. The fraction of sp³-hybridized carbons (Fsp3) is 0.714. The standard InChI is InChI=1S/C14H25N3S/c1-10-7-17(8-11(2)16(10)4)14(12(3)15)13-5-6-18-9-13/h5-6,9-12,14H,7-8,15H2,1-4H3. The van der Waals surface area contributed by atoms with E-state index in [1.807, 2.05) is 0 Å². The molecule has 0 saturated carbocycles. The minimum Gasteiger partial charge on any atom is -0.326 e. The smallest absolute Gasteiger partial charge is 0.0506 e. The van der Waals surface area contributed by atoms with Crippen molar-refractivity contribution in [1.29, 1.82) is 0 Å². The Kier molecular flexibility index (Phi) is 4.43. The number of likely N-dealkylation sites (N-methyl/N-ethyl adjacent to an activating group) is 1. The Morgan fingerprint density at radius 1 is 1.33 bits per heavy atom. The van der Waals surface area contributed by atoms with Crippen LogP contribution >= 0.6 is 11.3 Å². The Balaban J connectivity index is 2.17. The van der Waals surface area contributed by atoms with Crippen molar-refractivity contribution in [2.24, 2.45) is 5.73 Å². The van der Waals surface area contributed by atoms with E-state index in [-0.39, 0.29) is 6.04 Å². The Labute approximate surface area is 115 Å². The first-order chi connectivity index (χ1) is 8.50. The molecule has 1 aromatic rings. The summed E-state index contributed by atoms with van der Waals surface area (Å²) in [5.74, 6) is 0. The highest BCUT2D eigenvalue weighted by molar-refractivity contribution is 7.07. The summed E-state index contributed by atoms with van der Waals surface area (Å²) in [4.78, 5) is 5.02. The van der Waals surface area contributed by atoms with Crippen LogP contribution in [-0.2, 0) is 0 Å². The van der Waals surface area contributed by atoms with Gasteiger partial charge in [-0.25, -0.2) is 0 Å². The molecule has 1 saturated heterocycles. The molecule has 0 amide bonds. The largest absolute Gasteiger partial charge is 0.326 e. The van der Waals surface area contributed by atoms with Gasteiger partial charge in [0.1, 0.15) is 0 Å². The molecule has 0 radical (unpaired) electrons. The Bertz CT molecular complexity index is 351. The maximum absolute atomic E-state index is 6.23. The van der Waals surface area contributed by atoms with E-state index in [4.69, 9.17) is 5.73 Å². The van der Waals surface area contributed by atoms with E-state index in [0.717, 1.165) is 13.1 Å². The normalized spacial score (nSPS) is 30.3. The van der Waals surface area contributed by atoms with Crippen LogP contribution in [0.5, 0.6) is 0 Å². The molecule has 0 aromatic carbocycles. The highest BCUT2D eigenvalue weighted by Crippen LogP contribution is 2.29. The fourth-order valence-corrected chi connectivity index (χ4v) is 3.65. The highest BCUT2D eigenvalue weighted by atomic mass is 32.1. The number of piperazine rings is 1. The summed E-state index contributed by atoms with van der Waals surface area (Å²) in [6, 6.07) is 3.92. The van der Waals surface area contributed by atoms with Crippen LogP contribution in [0.3, 0.4) is 0 Å². The molecule has 1 aliphatic heterocycles. The summed E-state index contributed by atoms with van der Waals surface area (Å²) in [7, 11) is 2.22. The molecule has 2 heterocycles. The van der Waals surface area contributed by atoms with Gasteiger partial charge in [-0.15, -0.1) is 0 Å². The third kappa shape index (κ3) is 2.77. The first-order valence-corrected chi connectivity index (χ1v) is 7.68. The van der Waals surface area contributed by atoms with Crippen molar-refractivity contribution >= 4 is 11.3 Å². The third-order valence-electron chi connectivity index (χ3n) is 4.16. The van der Waals surface area contributed by atoms with Gasteiger partial charge in [0, 0.05) is 31.2 Å². The van der Waals surface area contributed by atoms with E-state index >= 15 is 0 Å². The molecule has 2 N–H and O–H groups in total. The zero-order chi connectivity index (χ0) is 13.3. The minimum absolute atomic E-state index is 0.169. The van der Waals surface area contributed by atoms with Gasteiger partial charge >= 0.3 is 0 Å². The molecular formula is C14H25N3S. The average molecular weight is 267 g/mol. The van der Waals surface area contributed by atoms with E-state index in [1.54, 1.807) is 11.3 Å². The maximum Gasteiger partial charge on any atom is 0.0506 e. The summed E-state index contributed by atoms with van der Waals surface area (Å²) in [5.41, 5.74) is 7.61. The van der Waals surface area contributed by atoms with Crippen LogP contribution < -0.4 is 5.73 Å².